The third-order valence-corrected chi connectivity index (χ3v) is 2.28. The lowest BCUT2D eigenvalue weighted by Gasteiger charge is -2.02. The maximum Gasteiger partial charge on any atom is 0.155 e. The minimum atomic E-state index is 0.114. The molecule has 1 rings (SSSR count). The average Bonchev–Trinajstić information content (AvgIpc) is 2.29. The summed E-state index contributed by atoms with van der Waals surface area (Å²) in [6, 6.07) is 7.92. The molecule has 0 atom stereocenters. The summed E-state index contributed by atoms with van der Waals surface area (Å²) in [6.45, 7) is 3.44. The van der Waals surface area contributed by atoms with Gasteiger partial charge in [-0.3, -0.25) is 4.79 Å². The quantitative estimate of drug-likeness (QED) is 0.666. The Morgan fingerprint density at radius 1 is 1.40 bits per heavy atom. The zero-order valence-electron chi connectivity index (χ0n) is 9.03. The number of hydrogen-bond acceptors (Lipinski definition) is 2. The Hall–Kier alpha value is -1.57. The van der Waals surface area contributed by atoms with Gasteiger partial charge in [0.15, 0.2) is 5.78 Å². The summed E-state index contributed by atoms with van der Waals surface area (Å²) in [5.41, 5.74) is 1.23. The first-order valence-corrected chi connectivity index (χ1v) is 5.04. The second kappa shape index (κ2) is 6.02. The number of aryl methyl sites for hydroxylation is 1. The molecule has 0 N–H and O–H groups in total. The van der Waals surface area contributed by atoms with Crippen LogP contribution < -0.4 is 4.74 Å². The number of ether oxygens (including phenoxy) is 1. The van der Waals surface area contributed by atoms with Crippen LogP contribution in [0, 0.1) is 0 Å². The highest BCUT2D eigenvalue weighted by molar-refractivity contribution is 5.88. The third kappa shape index (κ3) is 3.98. The first kappa shape index (κ1) is 11.5. The van der Waals surface area contributed by atoms with Crippen molar-refractivity contribution in [1.29, 1.82) is 0 Å². The molecule has 0 bridgehead atoms. The third-order valence-electron chi connectivity index (χ3n) is 2.28. The number of allylic oxidation sites excluding steroid dienone is 1. The second-order valence-corrected chi connectivity index (χ2v) is 3.37. The van der Waals surface area contributed by atoms with Gasteiger partial charge in [0.2, 0.25) is 0 Å². The van der Waals surface area contributed by atoms with Crippen molar-refractivity contribution in [3.8, 4) is 5.75 Å². The zero-order valence-corrected chi connectivity index (χ0v) is 9.03. The Morgan fingerprint density at radius 2 is 2.07 bits per heavy atom. The van der Waals surface area contributed by atoms with Crippen molar-refractivity contribution in [3.05, 3.63) is 42.5 Å². The van der Waals surface area contributed by atoms with Gasteiger partial charge in [0.1, 0.15) is 5.75 Å². The monoisotopic (exact) mass is 204 g/mol. The van der Waals surface area contributed by atoms with Crippen LogP contribution in [0.3, 0.4) is 0 Å². The fourth-order valence-corrected chi connectivity index (χ4v) is 1.36. The Bertz CT molecular complexity index is 325. The Balaban J connectivity index is 2.37. The van der Waals surface area contributed by atoms with Crippen molar-refractivity contribution in [3.63, 3.8) is 0 Å². The second-order valence-electron chi connectivity index (χ2n) is 3.37. The molecule has 15 heavy (non-hydrogen) atoms. The summed E-state index contributed by atoms with van der Waals surface area (Å²) in [5.74, 6) is 0.976. The summed E-state index contributed by atoms with van der Waals surface area (Å²) < 4.78 is 5.06. The van der Waals surface area contributed by atoms with Gasteiger partial charge in [0.25, 0.3) is 0 Å². The van der Waals surface area contributed by atoms with E-state index >= 15 is 0 Å². The molecule has 2 nitrogen and oxygen atoms in total. The van der Waals surface area contributed by atoms with Gasteiger partial charge in [0, 0.05) is 6.42 Å². The number of methoxy groups -OCH3 is 1. The van der Waals surface area contributed by atoms with Crippen LogP contribution in [0.4, 0.5) is 0 Å². The molecule has 0 radical (unpaired) electrons. The van der Waals surface area contributed by atoms with Crippen LogP contribution in [0.5, 0.6) is 5.75 Å². The van der Waals surface area contributed by atoms with Gasteiger partial charge in [-0.25, -0.2) is 0 Å². The summed E-state index contributed by atoms with van der Waals surface area (Å²) >= 11 is 0. The van der Waals surface area contributed by atoms with Crippen molar-refractivity contribution in [2.24, 2.45) is 0 Å². The van der Waals surface area contributed by atoms with Crippen LogP contribution in [-0.2, 0) is 11.2 Å². The maximum absolute atomic E-state index is 11.0. The smallest absolute Gasteiger partial charge is 0.155 e. The van der Waals surface area contributed by atoms with E-state index in [0.29, 0.717) is 6.42 Å². The lowest BCUT2D eigenvalue weighted by Crippen LogP contribution is -1.94. The Kier molecular flexibility index (Phi) is 4.61. The SMILES string of the molecule is C=CC(=O)CCCc1ccc(OC)cc1. The largest absolute Gasteiger partial charge is 0.497 e. The summed E-state index contributed by atoms with van der Waals surface area (Å²) in [5, 5.41) is 0. The number of hydrogen-bond donors (Lipinski definition) is 0. The van der Waals surface area contributed by atoms with E-state index in [4.69, 9.17) is 4.74 Å². The van der Waals surface area contributed by atoms with Crippen LogP contribution in [0.2, 0.25) is 0 Å². The van der Waals surface area contributed by atoms with E-state index < -0.39 is 0 Å². The van der Waals surface area contributed by atoms with Crippen LogP contribution in [0.15, 0.2) is 36.9 Å². The van der Waals surface area contributed by atoms with Crippen molar-refractivity contribution < 1.29 is 9.53 Å². The van der Waals surface area contributed by atoms with Gasteiger partial charge in [-0.1, -0.05) is 18.7 Å². The van der Waals surface area contributed by atoms with Crippen molar-refractivity contribution >= 4 is 5.78 Å². The Labute approximate surface area is 90.6 Å². The number of ketones is 1. The maximum atomic E-state index is 11.0. The molecule has 0 fully saturated rings. The number of carbonyl (C=O) groups excluding carboxylic acids is 1. The molecule has 0 heterocycles. The predicted octanol–water partition coefficient (Wildman–Crippen LogP) is 2.77. The first-order valence-electron chi connectivity index (χ1n) is 5.04. The molecular formula is C13H16O2. The zero-order chi connectivity index (χ0) is 11.1. The molecule has 0 aliphatic carbocycles. The minimum Gasteiger partial charge on any atom is -0.497 e. The van der Waals surface area contributed by atoms with E-state index in [1.54, 1.807) is 7.11 Å². The summed E-state index contributed by atoms with van der Waals surface area (Å²) in [6.07, 6.45) is 3.75. The fraction of sp³-hybridized carbons (Fsp3) is 0.308. The molecule has 0 saturated carbocycles. The number of benzene rings is 1. The van der Waals surface area contributed by atoms with Crippen molar-refractivity contribution in [2.45, 2.75) is 19.3 Å². The molecule has 0 spiro atoms. The fourth-order valence-electron chi connectivity index (χ4n) is 1.36. The molecular weight excluding hydrogens is 188 g/mol. The summed E-state index contributed by atoms with van der Waals surface area (Å²) in [4.78, 5) is 11.0. The van der Waals surface area contributed by atoms with Gasteiger partial charge >= 0.3 is 0 Å². The molecule has 0 amide bonds. The molecule has 0 aromatic heterocycles. The van der Waals surface area contributed by atoms with Gasteiger partial charge < -0.3 is 4.74 Å². The first-order chi connectivity index (χ1) is 7.26. The summed E-state index contributed by atoms with van der Waals surface area (Å²) in [7, 11) is 1.65. The topological polar surface area (TPSA) is 26.3 Å². The van der Waals surface area contributed by atoms with E-state index in [0.717, 1.165) is 18.6 Å². The molecule has 0 aliphatic rings. The van der Waals surface area contributed by atoms with Gasteiger partial charge in [-0.15, -0.1) is 0 Å². The standard InChI is InChI=1S/C13H16O2/c1-3-12(14)6-4-5-11-7-9-13(15-2)10-8-11/h3,7-10H,1,4-6H2,2H3. The predicted molar refractivity (Wildman–Crippen MR) is 61.1 cm³/mol. The molecule has 1 aromatic rings. The molecule has 2 heteroatoms. The van der Waals surface area contributed by atoms with Gasteiger partial charge in [-0.2, -0.15) is 0 Å². The lowest BCUT2D eigenvalue weighted by molar-refractivity contribution is -0.114. The number of rotatable bonds is 6. The highest BCUT2D eigenvalue weighted by atomic mass is 16.5. The van der Waals surface area contributed by atoms with E-state index in [1.807, 2.05) is 24.3 Å². The van der Waals surface area contributed by atoms with E-state index in [-0.39, 0.29) is 5.78 Å². The molecule has 1 aromatic carbocycles. The molecule has 0 aliphatic heterocycles. The van der Waals surface area contributed by atoms with Crippen LogP contribution in [-0.4, -0.2) is 12.9 Å². The Morgan fingerprint density at radius 3 is 2.60 bits per heavy atom. The highest BCUT2D eigenvalue weighted by Gasteiger charge is 1.98. The van der Waals surface area contributed by atoms with Crippen molar-refractivity contribution in [1.82, 2.24) is 0 Å². The number of carbonyl (C=O) groups is 1. The van der Waals surface area contributed by atoms with E-state index in [1.165, 1.54) is 11.6 Å². The van der Waals surface area contributed by atoms with E-state index in [9.17, 15) is 4.79 Å². The molecule has 0 saturated heterocycles. The molecule has 80 valence electrons. The van der Waals surface area contributed by atoms with E-state index in [2.05, 4.69) is 6.58 Å². The van der Waals surface area contributed by atoms with Crippen molar-refractivity contribution in [2.75, 3.05) is 7.11 Å². The normalized spacial score (nSPS) is 9.67. The van der Waals surface area contributed by atoms with Gasteiger partial charge in [-0.05, 0) is 36.6 Å². The van der Waals surface area contributed by atoms with Crippen LogP contribution in [0.25, 0.3) is 0 Å². The average molecular weight is 204 g/mol. The highest BCUT2D eigenvalue weighted by Crippen LogP contribution is 2.13. The lowest BCUT2D eigenvalue weighted by atomic mass is 10.1. The molecule has 0 unspecified atom stereocenters. The van der Waals surface area contributed by atoms with Gasteiger partial charge in [0.05, 0.1) is 7.11 Å². The van der Waals surface area contributed by atoms with Crippen LogP contribution in [0.1, 0.15) is 18.4 Å². The minimum absolute atomic E-state index is 0.114. The van der Waals surface area contributed by atoms with Crippen LogP contribution >= 0.6 is 0 Å².